The van der Waals surface area contributed by atoms with Gasteiger partial charge in [0.25, 0.3) is 11.8 Å². The minimum atomic E-state index is -1.26. The highest BCUT2D eigenvalue weighted by molar-refractivity contribution is 8.00. The lowest BCUT2D eigenvalue weighted by Crippen LogP contribution is -2.71. The number of pyridine rings is 1. The summed E-state index contributed by atoms with van der Waals surface area (Å²) in [6.45, 7) is 0.126. The number of thioether (sulfide) groups is 1. The third-order valence-electron chi connectivity index (χ3n) is 5.91. The number of nitrogen functional groups attached to an aromatic ring is 2. The van der Waals surface area contributed by atoms with Crippen LogP contribution in [0.15, 0.2) is 51.7 Å². The molecule has 0 aliphatic carbocycles. The second-order valence-corrected chi connectivity index (χ2v) is 11.5. The first-order valence-corrected chi connectivity index (χ1v) is 14.6. The summed E-state index contributed by atoms with van der Waals surface area (Å²) in [5.74, 6) is -2.29. The Balaban J connectivity index is 1.32. The van der Waals surface area contributed by atoms with E-state index in [1.54, 1.807) is 34.5 Å². The highest BCUT2D eigenvalue weighted by atomic mass is 32.2. The third-order valence-corrected chi connectivity index (χ3v) is 8.65. The predicted molar refractivity (Wildman–Crippen MR) is 150 cm³/mol. The number of carbonyl (C=O) groups excluding carboxylic acids is 3. The van der Waals surface area contributed by atoms with Gasteiger partial charge in [0, 0.05) is 28.2 Å². The lowest BCUT2D eigenvalue weighted by Gasteiger charge is -2.49. The molecule has 18 heteroatoms. The molecular weight excluding hydrogens is 595 g/mol. The van der Waals surface area contributed by atoms with Crippen LogP contribution in [-0.4, -0.2) is 67.0 Å². The number of aromatic nitrogens is 3. The van der Waals surface area contributed by atoms with Crippen molar-refractivity contribution in [2.75, 3.05) is 22.5 Å². The van der Waals surface area contributed by atoms with Gasteiger partial charge in [-0.2, -0.15) is 4.57 Å². The Kier molecular flexibility index (Phi) is 8.13. The zero-order valence-electron chi connectivity index (χ0n) is 20.9. The van der Waals surface area contributed by atoms with Gasteiger partial charge in [0.1, 0.15) is 28.5 Å². The number of nitrogens with one attached hydrogen (secondary N) is 2. The summed E-state index contributed by atoms with van der Waals surface area (Å²) >= 11 is 3.65. The topological polar surface area (TPSA) is 219 Å². The van der Waals surface area contributed by atoms with Gasteiger partial charge in [0.2, 0.25) is 6.41 Å². The second kappa shape index (κ2) is 11.9. The minimum Gasteiger partial charge on any atom is -0.477 e. The molecule has 1 fully saturated rings. The van der Waals surface area contributed by atoms with Gasteiger partial charge in [0.05, 0.1) is 5.69 Å². The number of hydrogen-bond donors (Lipinski definition) is 5. The molecule has 0 radical (unpaired) electrons. The van der Waals surface area contributed by atoms with E-state index in [2.05, 4.69) is 25.8 Å². The van der Waals surface area contributed by atoms with Crippen LogP contribution in [0.4, 0.5) is 16.0 Å². The molecule has 2 atom stereocenters. The first kappa shape index (κ1) is 28.0. The van der Waals surface area contributed by atoms with E-state index in [1.807, 2.05) is 0 Å². The van der Waals surface area contributed by atoms with E-state index in [0.29, 0.717) is 34.2 Å². The molecule has 3 amide bonds. The van der Waals surface area contributed by atoms with Crippen molar-refractivity contribution in [2.24, 2.45) is 5.16 Å². The number of rotatable bonds is 11. The van der Waals surface area contributed by atoms with Crippen molar-refractivity contribution in [2.45, 2.75) is 24.6 Å². The van der Waals surface area contributed by atoms with Crippen LogP contribution in [0.1, 0.15) is 11.4 Å². The molecular formula is C23H22N9O6S3+. The van der Waals surface area contributed by atoms with Crippen molar-refractivity contribution in [3.05, 3.63) is 57.9 Å². The molecule has 2 aliphatic heterocycles. The number of carboxylic acid groups (broad SMARTS) is 1. The minimum absolute atomic E-state index is 0.0552. The standard InChI is InChI=1S/C23H21N9O6S3/c24-22-27-13(8-40-22)6-38-30-15(14-9-41-23(25)28-14)18(34)29-16-19(35)32-17(21(36)37)11(7-39-20(16)32)4-31-3-1-2-12(5-31)26-10-33/h1-3,5,8-10,16,20H,4,6-7H2,(H6-,24,25,26,27,28,29,33,34,36,37)/p+1/b30-15-/t16?,20-/m0/s1. The Morgan fingerprint density at radius 3 is 2.73 bits per heavy atom. The Labute approximate surface area is 243 Å². The molecule has 5 heterocycles. The van der Waals surface area contributed by atoms with Gasteiger partial charge < -0.3 is 32.0 Å². The fourth-order valence-corrected chi connectivity index (χ4v) is 6.59. The van der Waals surface area contributed by atoms with Gasteiger partial charge in [-0.25, -0.2) is 14.8 Å². The van der Waals surface area contributed by atoms with E-state index in [0.717, 1.165) is 11.3 Å². The summed E-state index contributed by atoms with van der Waals surface area (Å²) in [5.41, 5.74) is 12.7. The Morgan fingerprint density at radius 2 is 2.05 bits per heavy atom. The first-order chi connectivity index (χ1) is 19.7. The maximum absolute atomic E-state index is 13.3. The van der Waals surface area contributed by atoms with Gasteiger partial charge in [0.15, 0.2) is 41.5 Å². The van der Waals surface area contributed by atoms with Crippen LogP contribution in [0, 0.1) is 0 Å². The van der Waals surface area contributed by atoms with E-state index in [4.69, 9.17) is 16.3 Å². The van der Waals surface area contributed by atoms with Crippen LogP contribution < -0.4 is 26.7 Å². The van der Waals surface area contributed by atoms with Crippen LogP contribution in [0.5, 0.6) is 0 Å². The average Bonchev–Trinajstić information content (AvgIpc) is 3.57. The Bertz CT molecular complexity index is 1590. The highest BCUT2D eigenvalue weighted by Crippen LogP contribution is 2.40. The van der Waals surface area contributed by atoms with Gasteiger partial charge in [-0.15, -0.1) is 34.4 Å². The second-order valence-electron chi connectivity index (χ2n) is 8.61. The molecule has 41 heavy (non-hydrogen) atoms. The molecule has 5 rings (SSSR count). The maximum Gasteiger partial charge on any atom is 0.352 e. The van der Waals surface area contributed by atoms with E-state index in [9.17, 15) is 24.3 Å². The number of β-lactam (4-membered cyclic amide) rings is 1. The summed E-state index contributed by atoms with van der Waals surface area (Å²) in [7, 11) is 0. The van der Waals surface area contributed by atoms with Crippen molar-refractivity contribution in [3.63, 3.8) is 0 Å². The number of carbonyl (C=O) groups is 4. The smallest absolute Gasteiger partial charge is 0.352 e. The number of amides is 3. The number of thiazole rings is 2. The summed E-state index contributed by atoms with van der Waals surface area (Å²) in [4.78, 5) is 64.1. The molecule has 1 unspecified atom stereocenters. The molecule has 2 aliphatic rings. The summed E-state index contributed by atoms with van der Waals surface area (Å²) in [6, 6.07) is 2.39. The molecule has 3 aromatic rings. The van der Waals surface area contributed by atoms with Crippen molar-refractivity contribution in [1.82, 2.24) is 20.2 Å². The average molecular weight is 617 g/mol. The van der Waals surface area contributed by atoms with Crippen molar-refractivity contribution < 1.29 is 33.7 Å². The third kappa shape index (κ3) is 5.98. The molecule has 212 valence electrons. The van der Waals surface area contributed by atoms with E-state index in [-0.39, 0.29) is 35.4 Å². The normalized spacial score (nSPS) is 18.4. The van der Waals surface area contributed by atoms with E-state index < -0.39 is 29.2 Å². The molecule has 0 bridgehead atoms. The van der Waals surface area contributed by atoms with Crippen LogP contribution >= 0.6 is 34.4 Å². The molecule has 3 aromatic heterocycles. The number of anilines is 3. The van der Waals surface area contributed by atoms with Crippen LogP contribution in [0.2, 0.25) is 0 Å². The molecule has 0 saturated carbocycles. The summed E-state index contributed by atoms with van der Waals surface area (Å²) in [5, 5.41) is 22.2. The zero-order valence-corrected chi connectivity index (χ0v) is 23.4. The van der Waals surface area contributed by atoms with Crippen LogP contribution in [0.25, 0.3) is 0 Å². The zero-order chi connectivity index (χ0) is 29.1. The number of aliphatic carboxylic acids is 1. The number of nitrogens with zero attached hydrogens (tertiary/aromatic N) is 5. The van der Waals surface area contributed by atoms with Crippen molar-refractivity contribution in [3.8, 4) is 0 Å². The lowest BCUT2D eigenvalue weighted by molar-refractivity contribution is -0.688. The maximum atomic E-state index is 13.3. The van der Waals surface area contributed by atoms with Gasteiger partial charge >= 0.3 is 5.97 Å². The largest absolute Gasteiger partial charge is 0.477 e. The number of hydrogen-bond acceptors (Lipinski definition) is 13. The quantitative estimate of drug-likeness (QED) is 0.0633. The monoisotopic (exact) mass is 616 g/mol. The van der Waals surface area contributed by atoms with Gasteiger partial charge in [-0.1, -0.05) is 5.16 Å². The fourth-order valence-electron chi connectivity index (χ4n) is 4.16. The number of carboxylic acids is 1. The molecule has 15 nitrogen and oxygen atoms in total. The summed E-state index contributed by atoms with van der Waals surface area (Å²) < 4.78 is 1.71. The van der Waals surface area contributed by atoms with Crippen molar-refractivity contribution in [1.29, 1.82) is 0 Å². The highest BCUT2D eigenvalue weighted by Gasteiger charge is 2.54. The fraction of sp³-hybridized carbons (Fsp3) is 0.217. The van der Waals surface area contributed by atoms with Crippen LogP contribution in [-0.2, 0) is 37.2 Å². The Hall–Kier alpha value is -4.55. The molecule has 1 saturated heterocycles. The molecule has 0 spiro atoms. The number of nitrogens with two attached hydrogens (primary N) is 2. The summed E-state index contributed by atoms with van der Waals surface area (Å²) in [6.07, 6.45) is 3.91. The first-order valence-electron chi connectivity index (χ1n) is 11.8. The van der Waals surface area contributed by atoms with Gasteiger partial charge in [-0.3, -0.25) is 19.3 Å². The predicted octanol–water partition coefficient (Wildman–Crippen LogP) is -0.0205. The van der Waals surface area contributed by atoms with E-state index >= 15 is 0 Å². The Morgan fingerprint density at radius 1 is 1.27 bits per heavy atom. The number of fused-ring (bicyclic) bond motifs is 1. The number of oxime groups is 1. The SMILES string of the molecule is Nc1nc(CO/N=C(\C(=O)NC2C(=O)N3C(C(=O)O)=C(C[n+]4cccc(NC=O)c4)CS[C@@H]23)c2csc(N)n2)cs1. The molecule has 0 aromatic carbocycles. The van der Waals surface area contributed by atoms with E-state index in [1.165, 1.54) is 33.4 Å². The van der Waals surface area contributed by atoms with Crippen LogP contribution in [0.3, 0.4) is 0 Å². The van der Waals surface area contributed by atoms with Gasteiger partial charge in [-0.05, 0) is 6.07 Å². The van der Waals surface area contributed by atoms with Crippen molar-refractivity contribution >= 4 is 80.3 Å². The lowest BCUT2D eigenvalue weighted by atomic mass is 10.0. The molecule has 7 N–H and O–H groups in total.